The maximum atomic E-state index is 3.95. The molecule has 4 heteroatoms. The molecule has 0 radical (unpaired) electrons. The van der Waals surface area contributed by atoms with Crippen LogP contribution in [0.3, 0.4) is 0 Å². The number of aromatic nitrogens is 3. The van der Waals surface area contributed by atoms with Crippen LogP contribution >= 0.6 is 11.7 Å². The quantitative estimate of drug-likeness (QED) is 0.570. The fourth-order valence-corrected chi connectivity index (χ4v) is 1.13. The van der Waals surface area contributed by atoms with Crippen LogP contribution < -0.4 is 0 Å². The Labute approximate surface area is 50.0 Å². The molecule has 0 spiro atoms. The third kappa shape index (κ3) is 0.376. The Morgan fingerprint density at radius 1 is 1.62 bits per heavy atom. The minimum Gasteiger partial charge on any atom is -0.292 e. The molecule has 2 rings (SSSR count). The average Bonchev–Trinajstić information content (AvgIpc) is 2.15. The van der Waals surface area contributed by atoms with Gasteiger partial charge in [-0.1, -0.05) is 0 Å². The second kappa shape index (κ2) is 1.29. The zero-order valence-electron chi connectivity index (χ0n) is 3.96. The van der Waals surface area contributed by atoms with Crippen molar-refractivity contribution in [3.05, 3.63) is 12.3 Å². The lowest BCUT2D eigenvalue weighted by molar-refractivity contribution is 1.33. The second-order valence-electron chi connectivity index (χ2n) is 1.47. The van der Waals surface area contributed by atoms with Crippen LogP contribution in [0.25, 0.3) is 11.5 Å². The largest absolute Gasteiger partial charge is 0.292 e. The number of hydrogen-bond acceptors (Lipinski definition) is 3. The van der Waals surface area contributed by atoms with E-state index in [1.165, 1.54) is 11.7 Å². The lowest BCUT2D eigenvalue weighted by atomic mass is 10.5. The van der Waals surface area contributed by atoms with Gasteiger partial charge in [0, 0.05) is 17.9 Å². The highest BCUT2D eigenvalue weighted by Crippen LogP contribution is 2.14. The van der Waals surface area contributed by atoms with Crippen molar-refractivity contribution in [2.75, 3.05) is 0 Å². The summed E-state index contributed by atoms with van der Waals surface area (Å²) < 4.78 is 6.92. The van der Waals surface area contributed by atoms with E-state index >= 15 is 0 Å². The summed E-state index contributed by atoms with van der Waals surface area (Å²) in [4.78, 5) is 3.95. The molecule has 0 atom stereocenters. The van der Waals surface area contributed by atoms with E-state index in [-0.39, 0.29) is 0 Å². The Kier molecular flexibility index (Phi) is 0.648. The molecule has 1 N–H and O–H groups in total. The average molecular weight is 125 g/mol. The number of aromatic amines is 1. The van der Waals surface area contributed by atoms with Gasteiger partial charge in [0.25, 0.3) is 0 Å². The fraction of sp³-hybridized carbons (Fsp3) is 0. The van der Waals surface area contributed by atoms with Gasteiger partial charge < -0.3 is 0 Å². The first-order valence-corrected chi connectivity index (χ1v) is 2.99. The molecular formula is C4H3N3S. The smallest absolute Gasteiger partial charge is 0.190 e. The van der Waals surface area contributed by atoms with E-state index < -0.39 is 0 Å². The van der Waals surface area contributed by atoms with Crippen molar-refractivity contribution >= 4 is 11.7 Å². The van der Waals surface area contributed by atoms with Crippen molar-refractivity contribution < 1.29 is 0 Å². The molecule has 0 saturated heterocycles. The van der Waals surface area contributed by atoms with Gasteiger partial charge in [-0.3, -0.25) is 4.37 Å². The highest BCUT2D eigenvalue weighted by molar-refractivity contribution is 6.99. The molecule has 2 aliphatic heterocycles. The van der Waals surface area contributed by atoms with Crippen LogP contribution in [0.5, 0.6) is 0 Å². The molecular weight excluding hydrogens is 122 g/mol. The van der Waals surface area contributed by atoms with Gasteiger partial charge in [-0.2, -0.15) is 4.37 Å². The standard InChI is InChI=1S/C4H3N3S/c1-2-5-4-3(1)6-8-7-4/h1-2,6H. The Balaban J connectivity index is 2.84. The Morgan fingerprint density at radius 3 is 3.50 bits per heavy atom. The third-order valence-electron chi connectivity index (χ3n) is 0.967. The van der Waals surface area contributed by atoms with Gasteiger partial charge in [-0.05, 0) is 6.07 Å². The van der Waals surface area contributed by atoms with E-state index in [1.807, 2.05) is 6.07 Å². The maximum absolute atomic E-state index is 3.95. The van der Waals surface area contributed by atoms with Crippen LogP contribution in [0.1, 0.15) is 0 Å². The van der Waals surface area contributed by atoms with Gasteiger partial charge in [0.2, 0.25) is 0 Å². The second-order valence-corrected chi connectivity index (χ2v) is 2.04. The van der Waals surface area contributed by atoms with Crippen molar-refractivity contribution in [2.24, 2.45) is 0 Å². The molecule has 0 aliphatic carbocycles. The number of H-pyrrole nitrogens is 1. The summed E-state index contributed by atoms with van der Waals surface area (Å²) in [5, 5.41) is 0. The van der Waals surface area contributed by atoms with E-state index in [1.54, 1.807) is 6.20 Å². The van der Waals surface area contributed by atoms with Crippen LogP contribution in [-0.2, 0) is 0 Å². The molecule has 8 heavy (non-hydrogen) atoms. The monoisotopic (exact) mass is 125 g/mol. The van der Waals surface area contributed by atoms with E-state index in [2.05, 4.69) is 13.7 Å². The molecule has 0 aromatic carbocycles. The summed E-state index contributed by atoms with van der Waals surface area (Å²) in [6.07, 6.45) is 1.74. The lowest BCUT2D eigenvalue weighted by Gasteiger charge is -1.72. The molecule has 0 aromatic rings. The van der Waals surface area contributed by atoms with Gasteiger partial charge in [0.1, 0.15) is 0 Å². The van der Waals surface area contributed by atoms with Gasteiger partial charge in [-0.15, -0.1) is 0 Å². The van der Waals surface area contributed by atoms with Gasteiger partial charge >= 0.3 is 0 Å². The maximum Gasteiger partial charge on any atom is 0.190 e. The molecule has 40 valence electrons. The minimum atomic E-state index is 0.815. The van der Waals surface area contributed by atoms with Crippen molar-refractivity contribution in [2.45, 2.75) is 0 Å². The molecule has 0 unspecified atom stereocenters. The molecule has 0 saturated carbocycles. The summed E-state index contributed by atoms with van der Waals surface area (Å²) in [6, 6.07) is 1.90. The number of nitrogens with one attached hydrogen (secondary N) is 1. The number of nitrogens with zero attached hydrogens (tertiary/aromatic N) is 2. The minimum absolute atomic E-state index is 0.815. The van der Waals surface area contributed by atoms with Crippen molar-refractivity contribution in [1.82, 2.24) is 13.7 Å². The number of rotatable bonds is 0. The SMILES string of the molecule is c1cc2[nH]snc-2n1. The van der Waals surface area contributed by atoms with Crippen LogP contribution in [0.15, 0.2) is 12.3 Å². The first-order chi connectivity index (χ1) is 3.97. The van der Waals surface area contributed by atoms with Crippen LogP contribution in [0, 0.1) is 0 Å². The molecule has 0 bridgehead atoms. The topological polar surface area (TPSA) is 41.6 Å². The zero-order valence-corrected chi connectivity index (χ0v) is 4.77. The number of fused-ring (bicyclic) bond motifs is 1. The Bertz CT molecular complexity index is 203. The van der Waals surface area contributed by atoms with Crippen molar-refractivity contribution in [3.8, 4) is 11.5 Å². The highest BCUT2D eigenvalue weighted by atomic mass is 32.1. The summed E-state index contributed by atoms with van der Waals surface area (Å²) in [5.74, 6) is 0.815. The summed E-state index contributed by atoms with van der Waals surface area (Å²) in [6.45, 7) is 0. The van der Waals surface area contributed by atoms with Crippen LogP contribution in [0.4, 0.5) is 0 Å². The predicted octanol–water partition coefficient (Wildman–Crippen LogP) is 0.971. The molecule has 2 aliphatic rings. The van der Waals surface area contributed by atoms with Gasteiger partial charge in [0.15, 0.2) is 5.82 Å². The van der Waals surface area contributed by atoms with Crippen LogP contribution in [-0.4, -0.2) is 13.7 Å². The van der Waals surface area contributed by atoms with E-state index in [0.717, 1.165) is 11.5 Å². The molecule has 2 heterocycles. The fourth-order valence-electron chi connectivity index (χ4n) is 0.594. The van der Waals surface area contributed by atoms with E-state index in [9.17, 15) is 0 Å². The molecule has 0 amide bonds. The molecule has 3 nitrogen and oxygen atoms in total. The van der Waals surface area contributed by atoms with Crippen molar-refractivity contribution in [3.63, 3.8) is 0 Å². The highest BCUT2D eigenvalue weighted by Gasteiger charge is 2.03. The van der Waals surface area contributed by atoms with Crippen LogP contribution in [0.2, 0.25) is 0 Å². The van der Waals surface area contributed by atoms with Gasteiger partial charge in [0.05, 0.1) is 5.69 Å². The molecule has 0 aromatic heterocycles. The summed E-state index contributed by atoms with van der Waals surface area (Å²) in [5.41, 5.74) is 1.02. The predicted molar refractivity (Wildman–Crippen MR) is 30.9 cm³/mol. The summed E-state index contributed by atoms with van der Waals surface area (Å²) in [7, 11) is 0. The zero-order chi connectivity index (χ0) is 5.40. The Hall–Kier alpha value is -0.900. The van der Waals surface area contributed by atoms with E-state index in [4.69, 9.17) is 0 Å². The summed E-state index contributed by atoms with van der Waals surface area (Å²) >= 11 is 1.32. The van der Waals surface area contributed by atoms with Gasteiger partial charge in [-0.25, -0.2) is 4.98 Å². The Morgan fingerprint density at radius 2 is 2.62 bits per heavy atom. The third-order valence-corrected chi connectivity index (χ3v) is 1.54. The normalized spacial score (nSPS) is 10.5. The first kappa shape index (κ1) is 4.03. The first-order valence-electron chi connectivity index (χ1n) is 2.21. The number of hydrogen-bond donors (Lipinski definition) is 1. The van der Waals surface area contributed by atoms with E-state index in [0.29, 0.717) is 0 Å². The lowest BCUT2D eigenvalue weighted by Crippen LogP contribution is -1.67. The molecule has 0 fully saturated rings. The van der Waals surface area contributed by atoms with Crippen molar-refractivity contribution in [1.29, 1.82) is 0 Å².